The van der Waals surface area contributed by atoms with Gasteiger partial charge in [0, 0.05) is 16.6 Å². The second-order valence-corrected chi connectivity index (χ2v) is 4.71. The highest BCUT2D eigenvalue weighted by atomic mass is 16.5. The third kappa shape index (κ3) is 2.48. The van der Waals surface area contributed by atoms with Gasteiger partial charge in [-0.05, 0) is 54.1 Å². The number of fused-ring (bicyclic) bond motifs is 1. The predicted octanol–water partition coefficient (Wildman–Crippen LogP) is 3.63. The van der Waals surface area contributed by atoms with Crippen LogP contribution in [0.4, 0.5) is 0 Å². The normalized spacial score (nSPS) is 10.6. The van der Waals surface area contributed by atoms with E-state index in [1.165, 1.54) is 7.11 Å². The van der Waals surface area contributed by atoms with Gasteiger partial charge in [0.2, 0.25) is 0 Å². The molecule has 3 aromatic rings. The largest absolute Gasteiger partial charge is 0.497 e. The van der Waals surface area contributed by atoms with Crippen molar-refractivity contribution in [1.29, 1.82) is 0 Å². The molecule has 0 atom stereocenters. The van der Waals surface area contributed by atoms with Gasteiger partial charge in [0.25, 0.3) is 0 Å². The van der Waals surface area contributed by atoms with Gasteiger partial charge < -0.3 is 14.5 Å². The van der Waals surface area contributed by atoms with Crippen LogP contribution in [-0.4, -0.2) is 25.2 Å². The highest BCUT2D eigenvalue weighted by Crippen LogP contribution is 2.26. The van der Waals surface area contributed by atoms with E-state index in [9.17, 15) is 4.79 Å². The monoisotopic (exact) mass is 281 g/mol. The van der Waals surface area contributed by atoms with Gasteiger partial charge in [-0.1, -0.05) is 0 Å². The number of esters is 1. The first-order chi connectivity index (χ1) is 10.2. The maximum atomic E-state index is 11.6. The number of aromatic nitrogens is 1. The molecule has 0 aliphatic rings. The molecule has 106 valence electrons. The Hall–Kier alpha value is -2.75. The number of ether oxygens (including phenoxy) is 2. The highest BCUT2D eigenvalue weighted by Gasteiger charge is 2.08. The predicted molar refractivity (Wildman–Crippen MR) is 81.6 cm³/mol. The molecule has 0 amide bonds. The summed E-state index contributed by atoms with van der Waals surface area (Å²) in [5.41, 5.74) is 3.58. The zero-order valence-corrected chi connectivity index (χ0v) is 11.8. The van der Waals surface area contributed by atoms with E-state index in [-0.39, 0.29) is 5.97 Å². The summed E-state index contributed by atoms with van der Waals surface area (Å²) in [6, 6.07) is 15.3. The van der Waals surface area contributed by atoms with Gasteiger partial charge in [-0.25, -0.2) is 4.79 Å². The van der Waals surface area contributed by atoms with Crippen molar-refractivity contribution in [3.05, 3.63) is 54.1 Å². The van der Waals surface area contributed by atoms with Crippen LogP contribution in [0, 0.1) is 0 Å². The average Bonchev–Trinajstić information content (AvgIpc) is 2.97. The Morgan fingerprint density at radius 1 is 1.00 bits per heavy atom. The Kier molecular flexibility index (Phi) is 3.36. The number of benzene rings is 2. The molecule has 1 heterocycles. The number of H-pyrrole nitrogens is 1. The lowest BCUT2D eigenvalue weighted by atomic mass is 10.1. The number of rotatable bonds is 3. The summed E-state index contributed by atoms with van der Waals surface area (Å²) in [5.74, 6) is 0.493. The van der Waals surface area contributed by atoms with Crippen molar-refractivity contribution in [1.82, 2.24) is 4.98 Å². The van der Waals surface area contributed by atoms with Crippen molar-refractivity contribution < 1.29 is 14.3 Å². The smallest absolute Gasteiger partial charge is 0.337 e. The van der Waals surface area contributed by atoms with Crippen molar-refractivity contribution in [3.8, 4) is 17.0 Å². The summed E-state index contributed by atoms with van der Waals surface area (Å²) in [6.45, 7) is 0. The molecule has 0 saturated carbocycles. The van der Waals surface area contributed by atoms with E-state index < -0.39 is 0 Å². The van der Waals surface area contributed by atoms with Crippen molar-refractivity contribution in [2.45, 2.75) is 0 Å². The molecule has 0 aliphatic heterocycles. The van der Waals surface area contributed by atoms with Crippen LogP contribution in [0.25, 0.3) is 22.2 Å². The van der Waals surface area contributed by atoms with Gasteiger partial charge in [-0.15, -0.1) is 0 Å². The fourth-order valence-corrected chi connectivity index (χ4v) is 2.30. The third-order valence-corrected chi connectivity index (χ3v) is 3.44. The van der Waals surface area contributed by atoms with Crippen molar-refractivity contribution in [2.75, 3.05) is 14.2 Å². The minimum absolute atomic E-state index is 0.330. The Morgan fingerprint density at radius 2 is 1.76 bits per heavy atom. The molecule has 0 fully saturated rings. The van der Waals surface area contributed by atoms with Crippen LogP contribution < -0.4 is 4.74 Å². The molecule has 4 heteroatoms. The van der Waals surface area contributed by atoms with E-state index in [0.717, 1.165) is 27.9 Å². The molecule has 4 nitrogen and oxygen atoms in total. The summed E-state index contributed by atoms with van der Waals surface area (Å²) in [6.07, 6.45) is 0. The number of carbonyl (C=O) groups is 1. The lowest BCUT2D eigenvalue weighted by Gasteiger charge is -2.01. The number of hydrogen-bond acceptors (Lipinski definition) is 3. The van der Waals surface area contributed by atoms with Crippen LogP contribution in [0.1, 0.15) is 10.4 Å². The first-order valence-electron chi connectivity index (χ1n) is 6.57. The van der Waals surface area contributed by atoms with Crippen LogP contribution in [0.15, 0.2) is 48.5 Å². The van der Waals surface area contributed by atoms with Gasteiger partial charge in [0.05, 0.1) is 19.8 Å². The van der Waals surface area contributed by atoms with Crippen molar-refractivity contribution in [3.63, 3.8) is 0 Å². The van der Waals surface area contributed by atoms with E-state index in [0.29, 0.717) is 5.56 Å². The number of hydrogen-bond donors (Lipinski definition) is 1. The van der Waals surface area contributed by atoms with Crippen LogP contribution in [0.2, 0.25) is 0 Å². The maximum absolute atomic E-state index is 11.6. The molecule has 2 aromatic carbocycles. The highest BCUT2D eigenvalue weighted by molar-refractivity contribution is 5.96. The van der Waals surface area contributed by atoms with Crippen LogP contribution >= 0.6 is 0 Å². The van der Waals surface area contributed by atoms with Gasteiger partial charge in [-0.3, -0.25) is 0 Å². The molecule has 21 heavy (non-hydrogen) atoms. The molecular formula is C17H15NO3. The van der Waals surface area contributed by atoms with Gasteiger partial charge >= 0.3 is 5.97 Å². The number of carbonyl (C=O) groups excluding carboxylic acids is 1. The molecule has 0 spiro atoms. The van der Waals surface area contributed by atoms with E-state index in [2.05, 4.69) is 4.98 Å². The van der Waals surface area contributed by atoms with E-state index >= 15 is 0 Å². The molecular weight excluding hydrogens is 266 g/mol. The minimum atomic E-state index is -0.330. The Balaban J connectivity index is 2.01. The van der Waals surface area contributed by atoms with Crippen LogP contribution in [0.3, 0.4) is 0 Å². The molecule has 0 bridgehead atoms. The summed E-state index contributed by atoms with van der Waals surface area (Å²) in [4.78, 5) is 14.9. The third-order valence-electron chi connectivity index (χ3n) is 3.44. The van der Waals surface area contributed by atoms with Gasteiger partial charge in [-0.2, -0.15) is 0 Å². The van der Waals surface area contributed by atoms with Gasteiger partial charge in [0.15, 0.2) is 0 Å². The van der Waals surface area contributed by atoms with Crippen LogP contribution in [0.5, 0.6) is 5.75 Å². The van der Waals surface area contributed by atoms with E-state index in [4.69, 9.17) is 9.47 Å². The number of aromatic amines is 1. The Labute approximate surface area is 122 Å². The molecule has 0 radical (unpaired) electrons. The second kappa shape index (κ2) is 5.32. The fourth-order valence-electron chi connectivity index (χ4n) is 2.30. The zero-order valence-electron chi connectivity index (χ0n) is 11.8. The first-order valence-corrected chi connectivity index (χ1v) is 6.57. The molecule has 0 unspecified atom stereocenters. The lowest BCUT2D eigenvalue weighted by molar-refractivity contribution is 0.0601. The fraction of sp³-hybridized carbons (Fsp3) is 0.118. The molecule has 0 saturated heterocycles. The SMILES string of the molecule is COC(=O)c1ccc2[nH]c(-c3ccc(OC)cc3)cc2c1. The summed E-state index contributed by atoms with van der Waals surface area (Å²) in [7, 11) is 3.03. The minimum Gasteiger partial charge on any atom is -0.497 e. The molecule has 3 rings (SSSR count). The van der Waals surface area contributed by atoms with Crippen molar-refractivity contribution in [2.24, 2.45) is 0 Å². The van der Waals surface area contributed by atoms with Crippen LogP contribution in [-0.2, 0) is 4.74 Å². The summed E-state index contributed by atoms with van der Waals surface area (Å²) in [5, 5.41) is 0.976. The quantitative estimate of drug-likeness (QED) is 0.746. The zero-order chi connectivity index (χ0) is 14.8. The Bertz CT molecular complexity index is 787. The standard InChI is InChI=1S/C17H15NO3/c1-20-14-6-3-11(4-7-14)16-10-13-9-12(17(19)21-2)5-8-15(13)18-16/h3-10,18H,1-2H3. The van der Waals surface area contributed by atoms with E-state index in [1.807, 2.05) is 42.5 Å². The number of methoxy groups -OCH3 is 2. The van der Waals surface area contributed by atoms with E-state index in [1.54, 1.807) is 13.2 Å². The lowest BCUT2D eigenvalue weighted by Crippen LogP contribution is -2.00. The average molecular weight is 281 g/mol. The molecule has 1 aromatic heterocycles. The second-order valence-electron chi connectivity index (χ2n) is 4.71. The molecule has 1 N–H and O–H groups in total. The summed E-state index contributed by atoms with van der Waals surface area (Å²) >= 11 is 0. The Morgan fingerprint density at radius 3 is 2.43 bits per heavy atom. The van der Waals surface area contributed by atoms with Gasteiger partial charge in [0.1, 0.15) is 5.75 Å². The van der Waals surface area contributed by atoms with Crippen molar-refractivity contribution >= 4 is 16.9 Å². The first kappa shape index (κ1) is 13.2. The maximum Gasteiger partial charge on any atom is 0.337 e. The summed E-state index contributed by atoms with van der Waals surface area (Å²) < 4.78 is 9.90. The topological polar surface area (TPSA) is 51.3 Å². The number of nitrogens with one attached hydrogen (secondary N) is 1. The molecule has 0 aliphatic carbocycles.